The molecule has 1 aliphatic heterocycles. The highest BCUT2D eigenvalue weighted by molar-refractivity contribution is 6.08. The fourth-order valence-corrected chi connectivity index (χ4v) is 2.52. The molecular formula is C19H24N2O5. The second-order valence-corrected chi connectivity index (χ2v) is 7.86. The van der Waals surface area contributed by atoms with Crippen LogP contribution in [0.1, 0.15) is 50.5 Å². The van der Waals surface area contributed by atoms with Crippen molar-refractivity contribution in [3.63, 3.8) is 0 Å². The highest BCUT2D eigenvalue weighted by Crippen LogP contribution is 2.22. The molecule has 2 rings (SSSR count). The summed E-state index contributed by atoms with van der Waals surface area (Å²) in [6, 6.07) is 6.46. The van der Waals surface area contributed by atoms with Crippen molar-refractivity contribution in [2.75, 3.05) is 13.2 Å². The highest BCUT2D eigenvalue weighted by atomic mass is 16.5. The monoisotopic (exact) mass is 360 g/mol. The van der Waals surface area contributed by atoms with E-state index in [1.807, 2.05) is 12.1 Å². The second kappa shape index (κ2) is 6.90. The first kappa shape index (κ1) is 19.6. The second-order valence-electron chi connectivity index (χ2n) is 7.86. The van der Waals surface area contributed by atoms with Crippen LogP contribution in [0.2, 0.25) is 0 Å². The number of urea groups is 1. The van der Waals surface area contributed by atoms with E-state index in [4.69, 9.17) is 4.74 Å². The summed E-state index contributed by atoms with van der Waals surface area (Å²) in [5, 5.41) is 2.47. The lowest BCUT2D eigenvalue weighted by molar-refractivity contribution is -0.146. The zero-order valence-electron chi connectivity index (χ0n) is 15.7. The molecule has 0 bridgehead atoms. The maximum Gasteiger partial charge on any atom is 0.326 e. The van der Waals surface area contributed by atoms with Crippen LogP contribution >= 0.6 is 0 Å². The van der Waals surface area contributed by atoms with E-state index in [2.05, 4.69) is 26.1 Å². The van der Waals surface area contributed by atoms with Crippen LogP contribution in [0.5, 0.6) is 0 Å². The normalized spacial score (nSPS) is 16.4. The molecule has 140 valence electrons. The molecule has 0 radical (unpaired) electrons. The Kier molecular flexibility index (Phi) is 5.21. The van der Waals surface area contributed by atoms with E-state index >= 15 is 0 Å². The van der Waals surface area contributed by atoms with Crippen molar-refractivity contribution in [3.8, 4) is 0 Å². The summed E-state index contributed by atoms with van der Waals surface area (Å²) in [7, 11) is 0. The zero-order chi connectivity index (χ0) is 19.7. The van der Waals surface area contributed by atoms with Gasteiger partial charge in [0.25, 0.3) is 5.91 Å². The van der Waals surface area contributed by atoms with Gasteiger partial charge >= 0.3 is 12.0 Å². The molecule has 0 spiro atoms. The topological polar surface area (TPSA) is 92.8 Å². The van der Waals surface area contributed by atoms with E-state index in [9.17, 15) is 19.2 Å². The van der Waals surface area contributed by atoms with Crippen LogP contribution in [0, 0.1) is 0 Å². The number of carbonyl (C=O) groups is 4. The Bertz CT molecular complexity index is 744. The number of amides is 3. The maximum absolute atomic E-state index is 12.1. The van der Waals surface area contributed by atoms with Crippen LogP contribution < -0.4 is 5.32 Å². The van der Waals surface area contributed by atoms with Crippen molar-refractivity contribution in [2.45, 2.75) is 45.6 Å². The largest absolute Gasteiger partial charge is 0.456 e. The molecular weight excluding hydrogens is 336 g/mol. The molecule has 7 nitrogen and oxygen atoms in total. The van der Waals surface area contributed by atoms with Crippen LogP contribution in [0.15, 0.2) is 24.3 Å². The van der Waals surface area contributed by atoms with Gasteiger partial charge in [-0.15, -0.1) is 0 Å². The van der Waals surface area contributed by atoms with Gasteiger partial charge in [0.1, 0.15) is 12.1 Å². The van der Waals surface area contributed by atoms with Gasteiger partial charge in [-0.2, -0.15) is 0 Å². The minimum absolute atomic E-state index is 0.0232. The average Bonchev–Trinajstić information content (AvgIpc) is 2.73. The van der Waals surface area contributed by atoms with Gasteiger partial charge < -0.3 is 10.1 Å². The van der Waals surface area contributed by atoms with Crippen LogP contribution in [0.4, 0.5) is 4.79 Å². The van der Waals surface area contributed by atoms with Gasteiger partial charge in [-0.05, 0) is 24.8 Å². The number of rotatable bonds is 5. The lowest BCUT2D eigenvalue weighted by atomic mass is 9.86. The molecule has 1 saturated heterocycles. The lowest BCUT2D eigenvalue weighted by Crippen LogP contribution is -2.41. The Hall–Kier alpha value is -2.70. The molecule has 1 N–H and O–H groups in total. The highest BCUT2D eigenvalue weighted by Gasteiger charge is 2.45. The quantitative estimate of drug-likeness (QED) is 0.493. The minimum Gasteiger partial charge on any atom is -0.456 e. The Morgan fingerprint density at radius 2 is 1.69 bits per heavy atom. The van der Waals surface area contributed by atoms with Crippen LogP contribution in [0.3, 0.4) is 0 Å². The van der Waals surface area contributed by atoms with E-state index < -0.39 is 36.6 Å². The Morgan fingerprint density at radius 3 is 2.15 bits per heavy atom. The molecule has 3 amide bonds. The van der Waals surface area contributed by atoms with Crippen molar-refractivity contribution >= 4 is 23.7 Å². The number of ketones is 1. The van der Waals surface area contributed by atoms with Crippen molar-refractivity contribution in [1.82, 2.24) is 10.2 Å². The molecule has 0 saturated carbocycles. The minimum atomic E-state index is -1.05. The lowest BCUT2D eigenvalue weighted by Gasteiger charge is -2.19. The van der Waals surface area contributed by atoms with Gasteiger partial charge in [0.2, 0.25) is 0 Å². The van der Waals surface area contributed by atoms with Crippen molar-refractivity contribution < 1.29 is 23.9 Å². The summed E-state index contributed by atoms with van der Waals surface area (Å²) in [4.78, 5) is 48.5. The first-order chi connectivity index (χ1) is 11.9. The molecule has 7 heteroatoms. The molecule has 1 fully saturated rings. The number of Topliss-reactive ketones (excluding diaryl/α,β-unsaturated/α-hetero) is 1. The van der Waals surface area contributed by atoms with Gasteiger partial charge in [0.05, 0.1) is 0 Å². The van der Waals surface area contributed by atoms with Crippen LogP contribution in [0.25, 0.3) is 0 Å². The molecule has 1 heterocycles. The molecule has 0 unspecified atom stereocenters. The first-order valence-electron chi connectivity index (χ1n) is 8.35. The van der Waals surface area contributed by atoms with Gasteiger partial charge in [0.15, 0.2) is 12.4 Å². The summed E-state index contributed by atoms with van der Waals surface area (Å²) < 4.78 is 4.92. The summed E-state index contributed by atoms with van der Waals surface area (Å²) in [5.41, 5.74) is 0.446. The number of nitrogens with zero attached hydrogens (tertiary/aromatic N) is 1. The number of carbonyl (C=O) groups excluding carboxylic acids is 4. The standard InChI is InChI=1S/C19H24N2O5/c1-18(2,3)13-8-6-12(7-9-13)14(22)11-26-15(23)10-21-16(24)19(4,5)20-17(21)25/h6-9H,10-11H2,1-5H3,(H,20,25). The SMILES string of the molecule is CC1(C)NC(=O)N(CC(=O)OCC(=O)c2ccc(C(C)(C)C)cc2)C1=O. The van der Waals surface area contributed by atoms with E-state index in [0.29, 0.717) is 5.56 Å². The van der Waals surface area contributed by atoms with Crippen molar-refractivity contribution in [3.05, 3.63) is 35.4 Å². The summed E-state index contributed by atoms with van der Waals surface area (Å²) in [6.45, 7) is 8.34. The van der Waals surface area contributed by atoms with Crippen LogP contribution in [-0.4, -0.2) is 47.3 Å². The Balaban J connectivity index is 1.90. The predicted octanol–water partition coefficient (Wildman–Crippen LogP) is 2.04. The number of nitrogens with one attached hydrogen (secondary N) is 1. The smallest absolute Gasteiger partial charge is 0.326 e. The number of hydrogen-bond acceptors (Lipinski definition) is 5. The molecule has 26 heavy (non-hydrogen) atoms. The summed E-state index contributed by atoms with van der Waals surface area (Å²) in [5.74, 6) is -1.68. The van der Waals surface area contributed by atoms with E-state index in [-0.39, 0.29) is 11.2 Å². The van der Waals surface area contributed by atoms with Crippen LogP contribution in [-0.2, 0) is 19.7 Å². The average molecular weight is 360 g/mol. The number of ether oxygens (including phenoxy) is 1. The van der Waals surface area contributed by atoms with Gasteiger partial charge in [-0.3, -0.25) is 19.3 Å². The zero-order valence-corrected chi connectivity index (χ0v) is 15.7. The molecule has 0 aromatic heterocycles. The summed E-state index contributed by atoms with van der Waals surface area (Å²) in [6.07, 6.45) is 0. The predicted molar refractivity (Wildman–Crippen MR) is 94.8 cm³/mol. The molecule has 0 atom stereocenters. The Labute approximate surface area is 152 Å². The third-order valence-electron chi connectivity index (χ3n) is 4.17. The van der Waals surface area contributed by atoms with E-state index in [1.54, 1.807) is 26.0 Å². The molecule has 1 aromatic rings. The number of benzene rings is 1. The molecule has 1 aliphatic rings. The van der Waals surface area contributed by atoms with E-state index in [1.165, 1.54) is 0 Å². The molecule has 0 aliphatic carbocycles. The maximum atomic E-state index is 12.1. The number of imide groups is 1. The fourth-order valence-electron chi connectivity index (χ4n) is 2.52. The van der Waals surface area contributed by atoms with Gasteiger partial charge in [-0.25, -0.2) is 4.79 Å². The molecule has 1 aromatic carbocycles. The van der Waals surface area contributed by atoms with Gasteiger partial charge in [-0.1, -0.05) is 45.0 Å². The van der Waals surface area contributed by atoms with Crippen molar-refractivity contribution in [1.29, 1.82) is 0 Å². The first-order valence-corrected chi connectivity index (χ1v) is 8.35. The Morgan fingerprint density at radius 1 is 1.12 bits per heavy atom. The third-order valence-corrected chi connectivity index (χ3v) is 4.17. The number of esters is 1. The fraction of sp³-hybridized carbons (Fsp3) is 0.474. The third kappa shape index (κ3) is 4.28. The summed E-state index contributed by atoms with van der Waals surface area (Å²) >= 11 is 0. The number of hydrogen-bond donors (Lipinski definition) is 1. The van der Waals surface area contributed by atoms with E-state index in [0.717, 1.165) is 10.5 Å². The van der Waals surface area contributed by atoms with Crippen molar-refractivity contribution in [2.24, 2.45) is 0 Å². The van der Waals surface area contributed by atoms with Gasteiger partial charge in [0, 0.05) is 5.56 Å².